The maximum Gasteiger partial charge on any atom is 0.261 e. The Kier molecular flexibility index (Phi) is 5.80. The first-order chi connectivity index (χ1) is 7.94. The van der Waals surface area contributed by atoms with Gasteiger partial charge in [-0.3, -0.25) is 0 Å². The smallest absolute Gasteiger partial charge is 0.261 e. The summed E-state index contributed by atoms with van der Waals surface area (Å²) in [5.74, 6) is 0. The van der Waals surface area contributed by atoms with Gasteiger partial charge in [0.15, 0.2) is 0 Å². The van der Waals surface area contributed by atoms with Gasteiger partial charge in [-0.25, -0.2) is 8.78 Å². The Bertz CT molecular complexity index is 221. The predicted octanol–water partition coefficient (Wildman–Crippen LogP) is 3.22. The van der Waals surface area contributed by atoms with Crippen molar-refractivity contribution in [2.45, 2.75) is 65.0 Å². The lowest BCUT2D eigenvalue weighted by molar-refractivity contribution is -0.0691. The third kappa shape index (κ3) is 5.30. The normalized spacial score (nSPS) is 28.6. The molecule has 0 amide bonds. The Morgan fingerprint density at radius 3 is 2.71 bits per heavy atom. The van der Waals surface area contributed by atoms with Crippen LogP contribution in [0.25, 0.3) is 0 Å². The molecule has 4 heteroatoms. The summed E-state index contributed by atoms with van der Waals surface area (Å²) >= 11 is 0. The minimum Gasteiger partial charge on any atom is -0.371 e. The number of alkyl halides is 2. The molecule has 0 saturated heterocycles. The van der Waals surface area contributed by atoms with Gasteiger partial charge in [0.1, 0.15) is 6.61 Å². The van der Waals surface area contributed by atoms with Crippen molar-refractivity contribution in [1.29, 1.82) is 0 Å². The molecule has 0 radical (unpaired) electrons. The lowest BCUT2D eigenvalue weighted by Gasteiger charge is -2.41. The topological polar surface area (TPSA) is 21.3 Å². The molecule has 102 valence electrons. The zero-order valence-corrected chi connectivity index (χ0v) is 11.1. The van der Waals surface area contributed by atoms with E-state index in [2.05, 4.69) is 26.1 Å². The third-order valence-electron chi connectivity index (χ3n) is 3.43. The van der Waals surface area contributed by atoms with Crippen molar-refractivity contribution in [2.24, 2.45) is 5.41 Å². The molecule has 0 heterocycles. The van der Waals surface area contributed by atoms with E-state index in [1.165, 1.54) is 0 Å². The Morgan fingerprint density at radius 1 is 1.41 bits per heavy atom. The maximum atomic E-state index is 12.2. The van der Waals surface area contributed by atoms with Crippen LogP contribution < -0.4 is 5.32 Å². The standard InChI is InChI=1S/C13H25F2NO/c1-4-7-16-10-5-6-13(2,3)8-11(10)17-9-12(14)15/h10-12,16H,4-9H2,1-3H3. The van der Waals surface area contributed by atoms with Gasteiger partial charge in [0.25, 0.3) is 6.43 Å². The molecule has 1 fully saturated rings. The molecule has 0 aromatic carbocycles. The summed E-state index contributed by atoms with van der Waals surface area (Å²) in [6, 6.07) is 0.238. The Hall–Kier alpha value is -0.220. The predicted molar refractivity (Wildman–Crippen MR) is 65.5 cm³/mol. The minimum atomic E-state index is -2.37. The van der Waals surface area contributed by atoms with Gasteiger partial charge < -0.3 is 10.1 Å². The first-order valence-electron chi connectivity index (χ1n) is 6.58. The Labute approximate surface area is 103 Å². The second-order valence-electron chi connectivity index (χ2n) is 5.73. The molecule has 1 N–H and O–H groups in total. The van der Waals surface area contributed by atoms with Gasteiger partial charge in [-0.15, -0.1) is 0 Å². The number of nitrogens with one attached hydrogen (secondary N) is 1. The van der Waals surface area contributed by atoms with Crippen LogP contribution in [0.15, 0.2) is 0 Å². The van der Waals surface area contributed by atoms with E-state index < -0.39 is 13.0 Å². The molecule has 1 rings (SSSR count). The average molecular weight is 249 g/mol. The molecule has 0 bridgehead atoms. The number of ether oxygens (including phenoxy) is 1. The fourth-order valence-corrected chi connectivity index (χ4v) is 2.46. The molecule has 1 aliphatic carbocycles. The van der Waals surface area contributed by atoms with Crippen LogP contribution in [0.3, 0.4) is 0 Å². The zero-order valence-electron chi connectivity index (χ0n) is 11.1. The van der Waals surface area contributed by atoms with E-state index >= 15 is 0 Å². The number of hydrogen-bond acceptors (Lipinski definition) is 2. The highest BCUT2D eigenvalue weighted by molar-refractivity contribution is 4.89. The summed E-state index contributed by atoms with van der Waals surface area (Å²) in [7, 11) is 0. The van der Waals surface area contributed by atoms with Gasteiger partial charge >= 0.3 is 0 Å². The lowest BCUT2D eigenvalue weighted by atomic mass is 9.74. The molecule has 2 atom stereocenters. The maximum absolute atomic E-state index is 12.2. The molecule has 1 saturated carbocycles. The van der Waals surface area contributed by atoms with Crippen LogP contribution in [0.5, 0.6) is 0 Å². The lowest BCUT2D eigenvalue weighted by Crippen LogP contribution is -2.48. The van der Waals surface area contributed by atoms with Crippen LogP contribution in [-0.4, -0.2) is 31.7 Å². The molecule has 0 aromatic rings. The van der Waals surface area contributed by atoms with Gasteiger partial charge in [-0.05, 0) is 37.6 Å². The molecule has 1 aliphatic rings. The van der Waals surface area contributed by atoms with E-state index in [1.807, 2.05) is 0 Å². The first kappa shape index (κ1) is 14.8. The molecule has 2 unspecified atom stereocenters. The molecule has 0 aromatic heterocycles. The highest BCUT2D eigenvalue weighted by atomic mass is 19.3. The first-order valence-corrected chi connectivity index (χ1v) is 6.58. The van der Waals surface area contributed by atoms with Gasteiger partial charge in [0.2, 0.25) is 0 Å². The zero-order chi connectivity index (χ0) is 12.9. The molecule has 0 spiro atoms. The van der Waals surface area contributed by atoms with E-state index in [1.54, 1.807) is 0 Å². The monoisotopic (exact) mass is 249 g/mol. The quantitative estimate of drug-likeness (QED) is 0.780. The number of rotatable bonds is 6. The second-order valence-corrected chi connectivity index (χ2v) is 5.73. The van der Waals surface area contributed by atoms with Crippen molar-refractivity contribution >= 4 is 0 Å². The van der Waals surface area contributed by atoms with Crippen molar-refractivity contribution in [3.05, 3.63) is 0 Å². The van der Waals surface area contributed by atoms with Gasteiger partial charge in [0, 0.05) is 6.04 Å². The summed E-state index contributed by atoms with van der Waals surface area (Å²) in [6.45, 7) is 6.96. The van der Waals surface area contributed by atoms with Crippen LogP contribution in [-0.2, 0) is 4.74 Å². The van der Waals surface area contributed by atoms with Gasteiger partial charge in [0.05, 0.1) is 6.10 Å². The second kappa shape index (κ2) is 6.64. The highest BCUT2D eigenvalue weighted by Crippen LogP contribution is 2.36. The summed E-state index contributed by atoms with van der Waals surface area (Å²) in [6.07, 6.45) is 1.62. The van der Waals surface area contributed by atoms with Crippen molar-refractivity contribution in [2.75, 3.05) is 13.2 Å². The summed E-state index contributed by atoms with van der Waals surface area (Å²) in [4.78, 5) is 0. The minimum absolute atomic E-state index is 0.0701. The average Bonchev–Trinajstić information content (AvgIpc) is 2.24. The number of halogens is 2. The molecular formula is C13H25F2NO. The largest absolute Gasteiger partial charge is 0.371 e. The summed E-state index contributed by atoms with van der Waals surface area (Å²) < 4.78 is 29.8. The van der Waals surface area contributed by atoms with E-state index in [9.17, 15) is 8.78 Å². The van der Waals surface area contributed by atoms with Gasteiger partial charge in [-0.2, -0.15) is 0 Å². The highest BCUT2D eigenvalue weighted by Gasteiger charge is 2.35. The van der Waals surface area contributed by atoms with Crippen LogP contribution in [0, 0.1) is 5.41 Å². The van der Waals surface area contributed by atoms with Crippen LogP contribution in [0.2, 0.25) is 0 Å². The van der Waals surface area contributed by atoms with E-state index in [4.69, 9.17) is 4.74 Å². The van der Waals surface area contributed by atoms with Crippen LogP contribution >= 0.6 is 0 Å². The number of hydrogen-bond donors (Lipinski definition) is 1. The molecule has 2 nitrogen and oxygen atoms in total. The SMILES string of the molecule is CCCNC1CCC(C)(C)CC1OCC(F)F. The summed E-state index contributed by atoms with van der Waals surface area (Å²) in [5.41, 5.74) is 0.206. The van der Waals surface area contributed by atoms with Crippen molar-refractivity contribution in [3.8, 4) is 0 Å². The van der Waals surface area contributed by atoms with E-state index in [0.717, 1.165) is 32.2 Å². The Balaban J connectivity index is 2.49. The van der Waals surface area contributed by atoms with Crippen molar-refractivity contribution in [3.63, 3.8) is 0 Å². The van der Waals surface area contributed by atoms with Crippen molar-refractivity contribution in [1.82, 2.24) is 5.32 Å². The van der Waals surface area contributed by atoms with Gasteiger partial charge in [-0.1, -0.05) is 20.8 Å². The third-order valence-corrected chi connectivity index (χ3v) is 3.43. The molecular weight excluding hydrogens is 224 g/mol. The van der Waals surface area contributed by atoms with E-state index in [-0.39, 0.29) is 17.6 Å². The van der Waals surface area contributed by atoms with Crippen LogP contribution in [0.1, 0.15) is 46.5 Å². The van der Waals surface area contributed by atoms with Crippen molar-refractivity contribution < 1.29 is 13.5 Å². The van der Waals surface area contributed by atoms with E-state index in [0.29, 0.717) is 0 Å². The van der Waals surface area contributed by atoms with Crippen LogP contribution in [0.4, 0.5) is 8.78 Å². The molecule has 0 aliphatic heterocycles. The fourth-order valence-electron chi connectivity index (χ4n) is 2.46. The Morgan fingerprint density at radius 2 is 2.12 bits per heavy atom. The fraction of sp³-hybridized carbons (Fsp3) is 1.00. The summed E-state index contributed by atoms with van der Waals surface area (Å²) in [5, 5.41) is 3.41. The molecule has 17 heavy (non-hydrogen) atoms.